The van der Waals surface area contributed by atoms with Gasteiger partial charge in [-0.25, -0.2) is 0 Å². The number of rotatable bonds is 0. The highest BCUT2D eigenvalue weighted by Crippen LogP contribution is 1.94. The molecule has 0 bridgehead atoms. The average molecular weight is 118 g/mol. The number of nitrogens with zero attached hydrogens (tertiary/aromatic N) is 1. The summed E-state index contributed by atoms with van der Waals surface area (Å²) in [4.78, 5) is 2.76. The van der Waals surface area contributed by atoms with E-state index in [1.165, 1.54) is 5.04 Å². The molecule has 4 heteroatoms. The Hall–Kier alpha value is 0.0700. The summed E-state index contributed by atoms with van der Waals surface area (Å²) in [5, 5.41) is 4.91. The van der Waals surface area contributed by atoms with E-state index in [0.29, 0.717) is 0 Å². The lowest BCUT2D eigenvalue weighted by molar-refractivity contribution is 1.16. The summed E-state index contributed by atoms with van der Waals surface area (Å²) in [7, 11) is 3.66. The molecule has 1 aromatic heterocycles. The molecule has 0 aliphatic carbocycles. The number of nitrogens with one attached hydrogen (secondary N) is 1. The predicted octanol–water partition coefficient (Wildman–Crippen LogP) is 0.490. The van der Waals surface area contributed by atoms with Gasteiger partial charge in [0.1, 0.15) is 0 Å². The lowest BCUT2D eigenvalue weighted by Gasteiger charge is -1.61. The van der Waals surface area contributed by atoms with Crippen molar-refractivity contribution >= 4 is 22.6 Å². The second-order valence-electron chi connectivity index (χ2n) is 0.895. The van der Waals surface area contributed by atoms with E-state index in [1.54, 1.807) is 6.20 Å². The molecule has 1 heterocycles. The molecule has 1 rings (SSSR count). The van der Waals surface area contributed by atoms with Crippen LogP contribution in [0.25, 0.3) is 0 Å². The molecule has 32 valence electrons. The van der Waals surface area contributed by atoms with Crippen molar-refractivity contribution in [2.24, 2.45) is 0 Å². The van der Waals surface area contributed by atoms with Crippen molar-refractivity contribution in [2.45, 2.75) is 0 Å². The van der Waals surface area contributed by atoms with Gasteiger partial charge in [-0.15, -0.1) is 0 Å². The van der Waals surface area contributed by atoms with Crippen molar-refractivity contribution in [2.75, 3.05) is 0 Å². The van der Waals surface area contributed by atoms with Gasteiger partial charge in [-0.1, -0.05) is 9.24 Å². The Kier molecular flexibility index (Phi) is 1.19. The summed E-state index contributed by atoms with van der Waals surface area (Å²) in [6.07, 6.45) is 1.78. The van der Waals surface area contributed by atoms with E-state index in [0.717, 1.165) is 8.35 Å². The Balaban J connectivity index is 3.05. The molecule has 0 aliphatic heterocycles. The molecular formula is C2H4N2P2. The maximum atomic E-state index is 3.72. The lowest BCUT2D eigenvalue weighted by atomic mass is 11.0. The number of hydrogen-bond donors (Lipinski definition) is 1. The van der Waals surface area contributed by atoms with Crippen LogP contribution in [0.2, 0.25) is 0 Å². The first-order chi connectivity index (χ1) is 2.89. The van der Waals surface area contributed by atoms with E-state index >= 15 is 0 Å². The molecule has 2 nitrogen and oxygen atoms in total. The first-order valence-electron chi connectivity index (χ1n) is 1.51. The Morgan fingerprint density at radius 3 is 3.00 bits per heavy atom. The molecule has 0 spiro atoms. The molecule has 1 N–H and O–H groups in total. The second kappa shape index (κ2) is 1.68. The molecule has 1 atom stereocenters. The molecule has 0 aromatic carbocycles. The first-order valence-corrected chi connectivity index (χ1v) is 2.98. The van der Waals surface area contributed by atoms with Gasteiger partial charge in [0.05, 0.1) is 6.20 Å². The van der Waals surface area contributed by atoms with Gasteiger partial charge in [0.15, 0.2) is 0 Å². The van der Waals surface area contributed by atoms with Crippen molar-refractivity contribution < 1.29 is 0 Å². The maximum Gasteiger partial charge on any atom is 0.0607 e. The largest absolute Gasteiger partial charge is 0.259 e. The summed E-state index contributed by atoms with van der Waals surface area (Å²) in [5.41, 5.74) is 0. The van der Waals surface area contributed by atoms with E-state index in [9.17, 15) is 0 Å². The van der Waals surface area contributed by atoms with Gasteiger partial charge in [-0.05, 0) is 0 Å². The van der Waals surface area contributed by atoms with Crippen LogP contribution < -0.4 is 5.04 Å². The Labute approximate surface area is 39.7 Å². The van der Waals surface area contributed by atoms with Gasteiger partial charge in [0.2, 0.25) is 0 Å². The van der Waals surface area contributed by atoms with Gasteiger partial charge in [-0.2, -0.15) is 5.10 Å². The van der Waals surface area contributed by atoms with Crippen molar-refractivity contribution in [3.63, 3.8) is 0 Å². The summed E-state index contributed by atoms with van der Waals surface area (Å²) in [6, 6.07) is 0. The number of aromatic amines is 1. The summed E-state index contributed by atoms with van der Waals surface area (Å²) < 4.78 is 0. The van der Waals surface area contributed by atoms with E-state index in [1.807, 2.05) is 0 Å². The van der Waals surface area contributed by atoms with Crippen LogP contribution in [0.1, 0.15) is 0 Å². The average Bonchev–Trinajstić information content (AvgIpc) is 1.86. The minimum absolute atomic E-state index is 1.10. The maximum absolute atomic E-state index is 3.72. The molecule has 0 saturated carbocycles. The van der Waals surface area contributed by atoms with Crippen LogP contribution in [-0.2, 0) is 0 Å². The van der Waals surface area contributed by atoms with Gasteiger partial charge in [0, 0.05) is 13.4 Å². The fourth-order valence-electron chi connectivity index (χ4n) is 0.210. The van der Waals surface area contributed by atoms with Crippen molar-refractivity contribution in [3.8, 4) is 0 Å². The summed E-state index contributed by atoms with van der Waals surface area (Å²) >= 11 is 0. The van der Waals surface area contributed by atoms with E-state index in [2.05, 4.69) is 19.2 Å². The van der Waals surface area contributed by atoms with E-state index in [4.69, 9.17) is 0 Å². The third kappa shape index (κ3) is 0.767. The molecular weight excluding hydrogens is 114 g/mol. The second-order valence-corrected chi connectivity index (χ2v) is 2.94. The van der Waals surface area contributed by atoms with Crippen LogP contribution in [-0.4, -0.2) is 9.96 Å². The van der Waals surface area contributed by atoms with Gasteiger partial charge < -0.3 is 0 Å². The normalized spacial score (nSPS) is 10.2. The van der Waals surface area contributed by atoms with E-state index in [-0.39, 0.29) is 0 Å². The van der Waals surface area contributed by atoms with Crippen molar-refractivity contribution in [1.29, 1.82) is 0 Å². The zero-order valence-electron chi connectivity index (χ0n) is 3.05. The third-order valence-corrected chi connectivity index (χ3v) is 1.56. The van der Waals surface area contributed by atoms with Crippen LogP contribution in [0, 0.1) is 0 Å². The molecule has 6 heavy (non-hydrogen) atoms. The number of aromatic nitrogens is 2. The van der Waals surface area contributed by atoms with Gasteiger partial charge in [0.25, 0.3) is 0 Å². The Morgan fingerprint density at radius 2 is 2.83 bits per heavy atom. The quantitative estimate of drug-likeness (QED) is 0.493. The van der Waals surface area contributed by atoms with Gasteiger partial charge >= 0.3 is 0 Å². The Morgan fingerprint density at radius 1 is 2.00 bits per heavy atom. The zero-order valence-corrected chi connectivity index (χ0v) is 5.10. The smallest absolute Gasteiger partial charge is 0.0607 e. The lowest BCUT2D eigenvalue weighted by Crippen LogP contribution is -1.69. The summed E-state index contributed by atoms with van der Waals surface area (Å²) in [5.74, 6) is 0. The van der Waals surface area contributed by atoms with Crippen molar-refractivity contribution in [1.82, 2.24) is 9.96 Å². The molecule has 0 radical (unpaired) electrons. The topological polar surface area (TPSA) is 28.7 Å². The standard InChI is InChI=1S/C2H4N2P2/c5-2-1-3-4-6-2/h1H,5H2,(H,3,4). The molecule has 0 fully saturated rings. The molecule has 1 unspecified atom stereocenters. The van der Waals surface area contributed by atoms with Crippen LogP contribution in [0.4, 0.5) is 0 Å². The number of H-pyrrole nitrogens is 1. The molecule has 0 aliphatic rings. The SMILES string of the molecule is Pc1cn[nH]p1. The van der Waals surface area contributed by atoms with E-state index < -0.39 is 0 Å². The zero-order chi connectivity index (χ0) is 4.41. The molecule has 0 saturated heterocycles. The fourth-order valence-corrected chi connectivity index (χ4v) is 0.805. The molecule has 1 aromatic rings. The van der Waals surface area contributed by atoms with Crippen LogP contribution >= 0.6 is 17.6 Å². The highest BCUT2D eigenvalue weighted by molar-refractivity contribution is 7.49. The number of hydrogen-bond acceptors (Lipinski definition) is 1. The fraction of sp³-hybridized carbons (Fsp3) is 0. The molecule has 0 amide bonds. The Bertz CT molecular complexity index is 113. The summed E-state index contributed by atoms with van der Waals surface area (Å²) in [6.45, 7) is 0. The predicted molar refractivity (Wildman–Crippen MR) is 30.4 cm³/mol. The monoisotopic (exact) mass is 118 g/mol. The third-order valence-electron chi connectivity index (χ3n) is 0.434. The van der Waals surface area contributed by atoms with Gasteiger partial charge in [-0.3, -0.25) is 4.86 Å². The highest BCUT2D eigenvalue weighted by Gasteiger charge is 1.76. The minimum atomic E-state index is 1.10. The van der Waals surface area contributed by atoms with Crippen molar-refractivity contribution in [3.05, 3.63) is 6.20 Å². The minimum Gasteiger partial charge on any atom is -0.259 e. The van der Waals surface area contributed by atoms with Crippen LogP contribution in [0.5, 0.6) is 0 Å². The van der Waals surface area contributed by atoms with Crippen LogP contribution in [0.15, 0.2) is 6.20 Å². The highest BCUT2D eigenvalue weighted by atomic mass is 31.1. The van der Waals surface area contributed by atoms with Crippen LogP contribution in [0.3, 0.4) is 0 Å². The first kappa shape index (κ1) is 4.23.